The van der Waals surface area contributed by atoms with Crippen molar-refractivity contribution in [1.82, 2.24) is 15.7 Å². The van der Waals surface area contributed by atoms with Gasteiger partial charge in [0.2, 0.25) is 0 Å². The van der Waals surface area contributed by atoms with E-state index < -0.39 is 5.91 Å². The molecule has 0 bridgehead atoms. The zero-order valence-corrected chi connectivity index (χ0v) is 14.2. The van der Waals surface area contributed by atoms with E-state index in [0.29, 0.717) is 6.04 Å². The quantitative estimate of drug-likeness (QED) is 0.410. The van der Waals surface area contributed by atoms with Crippen molar-refractivity contribution in [3.05, 3.63) is 36.1 Å². The lowest BCUT2D eigenvalue weighted by Gasteiger charge is -2.31. The van der Waals surface area contributed by atoms with Gasteiger partial charge in [0.05, 0.1) is 12.1 Å². The molecule has 0 aliphatic carbocycles. The standard InChI is InChI=1S/C17H26N4O2/c1-5-13-14(11-18-17(2,3)4)21-9-8-12(10-15(21)19-13)6-7-16(22)20-23/h6-10,13-14,18,23H,5,11H2,1-4H3,(H,20,22)/b7-6+. The number of nitrogens with one attached hydrogen (secondary N) is 2. The predicted molar refractivity (Wildman–Crippen MR) is 91.2 cm³/mol. The van der Waals surface area contributed by atoms with Crippen molar-refractivity contribution in [3.8, 4) is 0 Å². The number of aliphatic imine (C=N–C) groups is 1. The van der Waals surface area contributed by atoms with Crippen molar-refractivity contribution in [2.75, 3.05) is 6.54 Å². The van der Waals surface area contributed by atoms with Crippen molar-refractivity contribution < 1.29 is 10.0 Å². The van der Waals surface area contributed by atoms with Crippen LogP contribution in [0.15, 0.2) is 41.1 Å². The van der Waals surface area contributed by atoms with E-state index in [0.717, 1.165) is 24.4 Å². The Labute approximate surface area is 137 Å². The third-order valence-corrected chi connectivity index (χ3v) is 3.88. The molecule has 2 aliphatic heterocycles. The summed E-state index contributed by atoms with van der Waals surface area (Å²) in [5, 5.41) is 12.1. The zero-order chi connectivity index (χ0) is 17.0. The van der Waals surface area contributed by atoms with Gasteiger partial charge in [0.25, 0.3) is 5.91 Å². The number of amidine groups is 1. The van der Waals surface area contributed by atoms with Gasteiger partial charge < -0.3 is 10.2 Å². The van der Waals surface area contributed by atoms with E-state index in [-0.39, 0.29) is 11.6 Å². The van der Waals surface area contributed by atoms with E-state index in [1.54, 1.807) is 11.6 Å². The Hall–Kier alpha value is -1.92. The predicted octanol–water partition coefficient (Wildman–Crippen LogP) is 1.75. The average Bonchev–Trinajstić information content (AvgIpc) is 2.86. The Bertz CT molecular complexity index is 570. The van der Waals surface area contributed by atoms with E-state index in [4.69, 9.17) is 10.2 Å². The van der Waals surface area contributed by atoms with Crippen LogP contribution in [0.5, 0.6) is 0 Å². The topological polar surface area (TPSA) is 77.0 Å². The number of fused-ring (bicyclic) bond motifs is 1. The van der Waals surface area contributed by atoms with Gasteiger partial charge in [-0.3, -0.25) is 15.0 Å². The summed E-state index contributed by atoms with van der Waals surface area (Å²) in [6, 6.07) is 0.554. The fraction of sp³-hybridized carbons (Fsp3) is 0.529. The molecule has 0 fully saturated rings. The molecule has 2 heterocycles. The largest absolute Gasteiger partial charge is 0.327 e. The number of amides is 1. The van der Waals surface area contributed by atoms with Crippen LogP contribution in [0.25, 0.3) is 0 Å². The first-order valence-corrected chi connectivity index (χ1v) is 7.97. The second-order valence-corrected chi connectivity index (χ2v) is 6.84. The number of rotatable bonds is 5. The Morgan fingerprint density at radius 1 is 1.48 bits per heavy atom. The normalized spacial score (nSPS) is 23.8. The molecule has 0 aromatic rings. The maximum Gasteiger partial charge on any atom is 0.267 e. The molecule has 0 saturated heterocycles. The van der Waals surface area contributed by atoms with Crippen LogP contribution >= 0.6 is 0 Å². The molecule has 6 heteroatoms. The van der Waals surface area contributed by atoms with Gasteiger partial charge in [0.15, 0.2) is 0 Å². The molecule has 2 atom stereocenters. The summed E-state index contributed by atoms with van der Waals surface area (Å²) >= 11 is 0. The molecule has 0 aromatic heterocycles. The monoisotopic (exact) mass is 318 g/mol. The lowest BCUT2D eigenvalue weighted by Crippen LogP contribution is -2.48. The maximum absolute atomic E-state index is 11.1. The number of hydrogen-bond acceptors (Lipinski definition) is 5. The van der Waals surface area contributed by atoms with Gasteiger partial charge in [-0.05, 0) is 51.0 Å². The summed E-state index contributed by atoms with van der Waals surface area (Å²) in [6.45, 7) is 9.49. The third-order valence-electron chi connectivity index (χ3n) is 3.88. The van der Waals surface area contributed by atoms with E-state index in [1.165, 1.54) is 6.08 Å². The van der Waals surface area contributed by atoms with E-state index in [2.05, 4.69) is 37.9 Å². The summed E-state index contributed by atoms with van der Waals surface area (Å²) in [5.41, 5.74) is 2.53. The highest BCUT2D eigenvalue weighted by Gasteiger charge is 2.34. The van der Waals surface area contributed by atoms with Crippen LogP contribution in [0, 0.1) is 0 Å². The van der Waals surface area contributed by atoms with Crippen molar-refractivity contribution in [2.24, 2.45) is 4.99 Å². The molecule has 126 valence electrons. The van der Waals surface area contributed by atoms with Gasteiger partial charge in [-0.15, -0.1) is 0 Å². The molecule has 0 radical (unpaired) electrons. The van der Waals surface area contributed by atoms with Crippen LogP contribution in [0.4, 0.5) is 0 Å². The first-order valence-electron chi connectivity index (χ1n) is 7.97. The Morgan fingerprint density at radius 3 is 2.83 bits per heavy atom. The van der Waals surface area contributed by atoms with Crippen LogP contribution in [-0.4, -0.2) is 46.0 Å². The highest BCUT2D eigenvalue weighted by atomic mass is 16.5. The molecule has 2 aliphatic rings. The summed E-state index contributed by atoms with van der Waals surface area (Å²) in [4.78, 5) is 18.1. The molecule has 6 nitrogen and oxygen atoms in total. The second kappa shape index (κ2) is 7.10. The summed E-state index contributed by atoms with van der Waals surface area (Å²) in [5.74, 6) is 0.373. The van der Waals surface area contributed by atoms with Gasteiger partial charge in [-0.1, -0.05) is 6.92 Å². The van der Waals surface area contributed by atoms with E-state index in [1.807, 2.05) is 18.4 Å². The van der Waals surface area contributed by atoms with Gasteiger partial charge in [0, 0.05) is 24.4 Å². The van der Waals surface area contributed by atoms with Crippen molar-refractivity contribution in [3.63, 3.8) is 0 Å². The minimum Gasteiger partial charge on any atom is -0.327 e. The molecule has 0 aromatic carbocycles. The van der Waals surface area contributed by atoms with Gasteiger partial charge >= 0.3 is 0 Å². The Kier molecular flexibility index (Phi) is 5.38. The average molecular weight is 318 g/mol. The molecule has 2 unspecified atom stereocenters. The van der Waals surface area contributed by atoms with Crippen LogP contribution in [0.1, 0.15) is 34.1 Å². The number of hydroxylamine groups is 1. The second-order valence-electron chi connectivity index (χ2n) is 6.84. The fourth-order valence-corrected chi connectivity index (χ4v) is 2.66. The molecule has 0 saturated carbocycles. The molecule has 1 amide bonds. The van der Waals surface area contributed by atoms with Crippen molar-refractivity contribution in [2.45, 2.75) is 51.7 Å². The Balaban J connectivity index is 2.10. The van der Waals surface area contributed by atoms with E-state index >= 15 is 0 Å². The van der Waals surface area contributed by atoms with Crippen LogP contribution in [0.3, 0.4) is 0 Å². The lowest BCUT2D eigenvalue weighted by molar-refractivity contribution is -0.124. The minimum atomic E-state index is -0.547. The summed E-state index contributed by atoms with van der Waals surface area (Å²) in [7, 11) is 0. The molecular formula is C17H26N4O2. The van der Waals surface area contributed by atoms with Crippen LogP contribution < -0.4 is 10.8 Å². The maximum atomic E-state index is 11.1. The molecule has 3 N–H and O–H groups in total. The van der Waals surface area contributed by atoms with E-state index in [9.17, 15) is 4.79 Å². The number of allylic oxidation sites excluding steroid dienone is 3. The number of carbonyl (C=O) groups excluding carboxylic acids is 1. The summed E-state index contributed by atoms with van der Waals surface area (Å²) < 4.78 is 0. The van der Waals surface area contributed by atoms with Crippen molar-refractivity contribution >= 4 is 11.7 Å². The molecule has 23 heavy (non-hydrogen) atoms. The smallest absolute Gasteiger partial charge is 0.267 e. The van der Waals surface area contributed by atoms with Crippen molar-refractivity contribution in [1.29, 1.82) is 0 Å². The Morgan fingerprint density at radius 2 is 2.22 bits per heavy atom. The highest BCUT2D eigenvalue weighted by molar-refractivity contribution is 5.98. The van der Waals surface area contributed by atoms with Gasteiger partial charge in [-0.2, -0.15) is 0 Å². The number of carbonyl (C=O) groups is 1. The SMILES string of the molecule is CCC1N=C2C=C(/C=C/C(=O)NO)C=CN2C1CNC(C)(C)C. The molecule has 2 rings (SSSR count). The van der Waals surface area contributed by atoms with Crippen LogP contribution in [-0.2, 0) is 4.79 Å². The minimum absolute atomic E-state index is 0.0714. The summed E-state index contributed by atoms with van der Waals surface area (Å²) in [6.07, 6.45) is 9.85. The zero-order valence-electron chi connectivity index (χ0n) is 14.2. The lowest BCUT2D eigenvalue weighted by atomic mass is 10.0. The molecular weight excluding hydrogens is 292 g/mol. The number of hydrogen-bond donors (Lipinski definition) is 3. The first kappa shape index (κ1) is 17.4. The number of nitrogens with zero attached hydrogens (tertiary/aromatic N) is 2. The third kappa shape index (κ3) is 4.53. The van der Waals surface area contributed by atoms with Gasteiger partial charge in [0.1, 0.15) is 5.84 Å². The highest BCUT2D eigenvalue weighted by Crippen LogP contribution is 2.25. The van der Waals surface area contributed by atoms with Gasteiger partial charge in [-0.25, -0.2) is 5.48 Å². The molecule has 0 spiro atoms. The first-order chi connectivity index (χ1) is 10.8. The van der Waals surface area contributed by atoms with Crippen LogP contribution in [0.2, 0.25) is 0 Å². The fourth-order valence-electron chi connectivity index (χ4n) is 2.66.